The van der Waals surface area contributed by atoms with E-state index in [4.69, 9.17) is 16.3 Å². The number of halogens is 1. The molecule has 0 bridgehead atoms. The highest BCUT2D eigenvalue weighted by Gasteiger charge is 2.36. The van der Waals surface area contributed by atoms with E-state index in [1.165, 1.54) is 24.3 Å². The number of rotatable bonds is 7. The smallest absolute Gasteiger partial charge is 0.326 e. The molecule has 8 nitrogen and oxygen atoms in total. The van der Waals surface area contributed by atoms with Gasteiger partial charge in [0.05, 0.1) is 16.4 Å². The highest BCUT2D eigenvalue weighted by atomic mass is 35.5. The van der Waals surface area contributed by atoms with Gasteiger partial charge in [0.25, 0.3) is 16.8 Å². The van der Waals surface area contributed by atoms with Crippen LogP contribution in [0.25, 0.3) is 6.08 Å². The molecule has 0 unspecified atom stereocenters. The summed E-state index contributed by atoms with van der Waals surface area (Å²) in [6.45, 7) is 1.69. The molecular weight excluding hydrogens is 384 g/mol. The molecule has 1 aromatic rings. The van der Waals surface area contributed by atoms with E-state index >= 15 is 0 Å². The number of carbonyl (C=O) groups excluding carboxylic acids is 3. The Labute approximate surface area is 158 Å². The molecule has 0 N–H and O–H groups in total. The molecule has 26 heavy (non-hydrogen) atoms. The second-order valence-electron chi connectivity index (χ2n) is 5.30. The number of nitrogens with zero attached hydrogens (tertiary/aromatic N) is 2. The molecule has 0 atom stereocenters. The molecule has 1 aromatic carbocycles. The minimum Gasteiger partial charge on any atom is -0.464 e. The van der Waals surface area contributed by atoms with Gasteiger partial charge in [0, 0.05) is 22.7 Å². The zero-order valence-electron chi connectivity index (χ0n) is 13.8. The number of ether oxygens (including phenoxy) is 1. The Bertz CT molecular complexity index is 795. The van der Waals surface area contributed by atoms with Crippen LogP contribution in [0.1, 0.15) is 25.3 Å². The molecule has 138 valence electrons. The molecule has 1 aliphatic rings. The van der Waals surface area contributed by atoms with E-state index in [9.17, 15) is 24.5 Å². The predicted octanol–water partition coefficient (Wildman–Crippen LogP) is 3.63. The molecule has 0 radical (unpaired) electrons. The molecule has 0 aromatic heterocycles. The Kier molecular flexibility index (Phi) is 6.76. The fourth-order valence-electron chi connectivity index (χ4n) is 2.04. The topological polar surface area (TPSA) is 107 Å². The van der Waals surface area contributed by atoms with Crippen molar-refractivity contribution < 1.29 is 24.0 Å². The molecule has 0 aliphatic carbocycles. The van der Waals surface area contributed by atoms with Crippen molar-refractivity contribution in [1.29, 1.82) is 0 Å². The van der Waals surface area contributed by atoms with Crippen LogP contribution in [0.2, 0.25) is 5.02 Å². The third-order valence-electron chi connectivity index (χ3n) is 3.40. The van der Waals surface area contributed by atoms with Gasteiger partial charge in [0.1, 0.15) is 6.54 Å². The normalized spacial score (nSPS) is 15.6. The number of nitro benzene ring substituents is 1. The van der Waals surface area contributed by atoms with Gasteiger partial charge in [-0.3, -0.25) is 29.4 Å². The first-order chi connectivity index (χ1) is 12.3. The van der Waals surface area contributed by atoms with E-state index < -0.39 is 28.6 Å². The fourth-order valence-corrected chi connectivity index (χ4v) is 3.04. The van der Waals surface area contributed by atoms with E-state index in [0.29, 0.717) is 18.2 Å². The maximum absolute atomic E-state index is 12.3. The zero-order valence-corrected chi connectivity index (χ0v) is 15.3. The second-order valence-corrected chi connectivity index (χ2v) is 6.71. The third kappa shape index (κ3) is 4.83. The van der Waals surface area contributed by atoms with Crippen LogP contribution in [0.5, 0.6) is 0 Å². The summed E-state index contributed by atoms with van der Waals surface area (Å²) in [5.41, 5.74) is 0.0382. The average molecular weight is 399 g/mol. The largest absolute Gasteiger partial charge is 0.464 e. The number of esters is 1. The highest BCUT2D eigenvalue weighted by molar-refractivity contribution is 8.18. The first-order valence-electron chi connectivity index (χ1n) is 7.68. The van der Waals surface area contributed by atoms with Crippen molar-refractivity contribution in [3.8, 4) is 0 Å². The maximum atomic E-state index is 12.3. The van der Waals surface area contributed by atoms with Crippen LogP contribution < -0.4 is 0 Å². The molecule has 0 saturated carbocycles. The van der Waals surface area contributed by atoms with Gasteiger partial charge in [0.15, 0.2) is 0 Å². The number of imide groups is 1. The number of benzene rings is 1. The standard InChI is InChI=1S/C16H15ClN2O6S/c1-2-3-6-25-14(20)9-18-15(21)13(26-16(18)22)8-10-7-11(19(23)24)4-5-12(10)17/h4-5,7-8H,2-3,6,9H2,1H3/b13-8-. The molecular formula is C16H15ClN2O6S. The molecule has 2 rings (SSSR count). The lowest BCUT2D eigenvalue weighted by molar-refractivity contribution is -0.384. The minimum atomic E-state index is -0.671. The number of unbranched alkanes of at least 4 members (excludes halogenated alkanes) is 1. The van der Waals surface area contributed by atoms with Crippen molar-refractivity contribution in [1.82, 2.24) is 4.90 Å². The van der Waals surface area contributed by atoms with Gasteiger partial charge < -0.3 is 4.74 Å². The number of hydrogen-bond acceptors (Lipinski definition) is 7. The van der Waals surface area contributed by atoms with Crippen LogP contribution in [-0.4, -0.2) is 40.1 Å². The van der Waals surface area contributed by atoms with E-state index in [1.54, 1.807) is 0 Å². The second kappa shape index (κ2) is 8.81. The number of carbonyl (C=O) groups is 3. The van der Waals surface area contributed by atoms with E-state index in [1.807, 2.05) is 6.92 Å². The maximum Gasteiger partial charge on any atom is 0.326 e. The first kappa shape index (κ1) is 19.9. The van der Waals surface area contributed by atoms with Crippen LogP contribution >= 0.6 is 23.4 Å². The van der Waals surface area contributed by atoms with Crippen molar-refractivity contribution in [2.45, 2.75) is 19.8 Å². The van der Waals surface area contributed by atoms with Crippen molar-refractivity contribution in [2.75, 3.05) is 13.2 Å². The summed E-state index contributed by atoms with van der Waals surface area (Å²) in [7, 11) is 0. The van der Waals surface area contributed by atoms with Crippen molar-refractivity contribution in [3.63, 3.8) is 0 Å². The Morgan fingerprint density at radius 2 is 2.15 bits per heavy atom. The molecule has 1 fully saturated rings. The molecule has 1 saturated heterocycles. The van der Waals surface area contributed by atoms with Gasteiger partial charge in [0.2, 0.25) is 0 Å². The van der Waals surface area contributed by atoms with Gasteiger partial charge in [-0.25, -0.2) is 0 Å². The lowest BCUT2D eigenvalue weighted by Gasteiger charge is -2.11. The van der Waals surface area contributed by atoms with E-state index in [0.717, 1.165) is 11.3 Å². The number of thioether (sulfide) groups is 1. The Hall–Kier alpha value is -2.39. The molecule has 0 spiro atoms. The van der Waals surface area contributed by atoms with Gasteiger partial charge in [-0.2, -0.15) is 0 Å². The van der Waals surface area contributed by atoms with Gasteiger partial charge >= 0.3 is 5.97 Å². The Morgan fingerprint density at radius 3 is 2.81 bits per heavy atom. The van der Waals surface area contributed by atoms with Crippen molar-refractivity contribution in [2.24, 2.45) is 0 Å². The summed E-state index contributed by atoms with van der Waals surface area (Å²) in [4.78, 5) is 47.1. The lowest BCUT2D eigenvalue weighted by atomic mass is 10.2. The SMILES string of the molecule is CCCCOC(=O)CN1C(=O)S/C(=C\c2cc([N+](=O)[O-])ccc2Cl)C1=O. The van der Waals surface area contributed by atoms with E-state index in [2.05, 4.69) is 0 Å². The van der Waals surface area contributed by atoms with Crippen LogP contribution in [0.3, 0.4) is 0 Å². The number of amides is 2. The van der Waals surface area contributed by atoms with Crippen LogP contribution in [0.15, 0.2) is 23.1 Å². The summed E-state index contributed by atoms with van der Waals surface area (Å²) in [5.74, 6) is -1.34. The monoisotopic (exact) mass is 398 g/mol. The summed E-state index contributed by atoms with van der Waals surface area (Å²) >= 11 is 6.63. The minimum absolute atomic E-state index is 0.0266. The van der Waals surface area contributed by atoms with Gasteiger partial charge in [-0.05, 0) is 30.3 Å². The quantitative estimate of drug-likeness (QED) is 0.227. The van der Waals surface area contributed by atoms with Gasteiger partial charge in [-0.1, -0.05) is 24.9 Å². The molecule has 10 heteroatoms. The van der Waals surface area contributed by atoms with Gasteiger partial charge in [-0.15, -0.1) is 0 Å². The predicted molar refractivity (Wildman–Crippen MR) is 96.7 cm³/mol. The fraction of sp³-hybridized carbons (Fsp3) is 0.312. The Balaban J connectivity index is 2.15. The highest BCUT2D eigenvalue weighted by Crippen LogP contribution is 2.34. The average Bonchev–Trinajstić information content (AvgIpc) is 2.84. The molecule has 2 amide bonds. The first-order valence-corrected chi connectivity index (χ1v) is 8.88. The lowest BCUT2D eigenvalue weighted by Crippen LogP contribution is -2.34. The molecule has 1 aliphatic heterocycles. The number of nitro groups is 1. The zero-order chi connectivity index (χ0) is 19.3. The Morgan fingerprint density at radius 1 is 1.42 bits per heavy atom. The number of non-ortho nitro benzene ring substituents is 1. The third-order valence-corrected chi connectivity index (χ3v) is 4.65. The van der Waals surface area contributed by atoms with Crippen molar-refractivity contribution in [3.05, 3.63) is 43.8 Å². The van der Waals surface area contributed by atoms with Crippen molar-refractivity contribution >= 4 is 52.2 Å². The van der Waals surface area contributed by atoms with Crippen LogP contribution in [0, 0.1) is 10.1 Å². The summed E-state index contributed by atoms with van der Waals surface area (Å²) in [6.07, 6.45) is 2.84. The summed E-state index contributed by atoms with van der Waals surface area (Å²) in [5, 5.41) is 10.4. The van der Waals surface area contributed by atoms with E-state index in [-0.39, 0.29) is 27.8 Å². The van der Waals surface area contributed by atoms with Crippen LogP contribution in [-0.2, 0) is 14.3 Å². The van der Waals surface area contributed by atoms with Crippen LogP contribution in [0.4, 0.5) is 10.5 Å². The molecule has 1 heterocycles. The summed E-state index contributed by atoms with van der Waals surface area (Å²) in [6, 6.07) is 3.77. The summed E-state index contributed by atoms with van der Waals surface area (Å²) < 4.78 is 4.95. The number of hydrogen-bond donors (Lipinski definition) is 0.